The van der Waals surface area contributed by atoms with E-state index < -0.39 is 0 Å². The molecule has 1 amide bonds. The Bertz CT molecular complexity index is 1130. The number of oxazole rings is 1. The van der Waals surface area contributed by atoms with Crippen LogP contribution in [0.2, 0.25) is 0 Å². The first-order chi connectivity index (χ1) is 12.1. The fourth-order valence-electron chi connectivity index (χ4n) is 2.77. The van der Waals surface area contributed by atoms with Gasteiger partial charge in [-0.1, -0.05) is 6.07 Å². The van der Waals surface area contributed by atoms with E-state index in [1.54, 1.807) is 36.9 Å². The van der Waals surface area contributed by atoms with Gasteiger partial charge in [0.25, 0.3) is 5.91 Å². The van der Waals surface area contributed by atoms with Gasteiger partial charge in [-0.05, 0) is 29.6 Å². The zero-order valence-corrected chi connectivity index (χ0v) is 14.3. The molecule has 126 valence electrons. The summed E-state index contributed by atoms with van der Waals surface area (Å²) < 4.78 is 8.47. The summed E-state index contributed by atoms with van der Waals surface area (Å²) in [5, 5.41) is 4.72. The molecule has 0 aliphatic rings. The Balaban J connectivity index is 1.68. The van der Waals surface area contributed by atoms with Crippen LogP contribution in [0.1, 0.15) is 10.5 Å². The number of carbonyl (C=O) groups is 1. The third-order valence-electron chi connectivity index (χ3n) is 4.06. The molecule has 0 spiro atoms. The Kier molecular flexibility index (Phi) is 3.54. The number of nitrogens with zero attached hydrogens (tertiary/aromatic N) is 3. The fraction of sp³-hybridized carbons (Fsp3) is 0.118. The van der Waals surface area contributed by atoms with Gasteiger partial charge in [0.2, 0.25) is 0 Å². The number of aromatic nitrogens is 3. The van der Waals surface area contributed by atoms with E-state index >= 15 is 0 Å². The first kappa shape index (κ1) is 15.4. The first-order valence-electron chi connectivity index (χ1n) is 7.50. The Morgan fingerprint density at radius 2 is 2.00 bits per heavy atom. The number of imidazole rings is 1. The van der Waals surface area contributed by atoms with Crippen molar-refractivity contribution in [2.45, 2.75) is 0 Å². The zero-order chi connectivity index (χ0) is 17.6. The normalized spacial score (nSPS) is 11.1. The molecule has 8 heteroatoms. The SMILES string of the molecule is Cn1c(=O)n(C)c2cc(NC(=O)c3ncoc3-c3cccs3)ccc21. The number of carbonyl (C=O) groups excluding carboxylic acids is 1. The molecule has 1 aromatic carbocycles. The highest BCUT2D eigenvalue weighted by molar-refractivity contribution is 7.13. The quantitative estimate of drug-likeness (QED) is 0.613. The van der Waals surface area contributed by atoms with Gasteiger partial charge in [-0.3, -0.25) is 13.9 Å². The number of anilines is 1. The molecule has 0 aliphatic carbocycles. The number of rotatable bonds is 3. The minimum atomic E-state index is -0.363. The third kappa shape index (κ3) is 2.47. The molecular formula is C17H14N4O3S. The highest BCUT2D eigenvalue weighted by Gasteiger charge is 2.19. The minimum Gasteiger partial charge on any atom is -0.442 e. The molecule has 0 saturated heterocycles. The van der Waals surface area contributed by atoms with E-state index in [2.05, 4.69) is 10.3 Å². The summed E-state index contributed by atoms with van der Waals surface area (Å²) in [6.45, 7) is 0. The molecular weight excluding hydrogens is 340 g/mol. The Morgan fingerprint density at radius 3 is 2.76 bits per heavy atom. The average Bonchev–Trinajstić information content (AvgIpc) is 3.33. The van der Waals surface area contributed by atoms with Gasteiger partial charge in [0.05, 0.1) is 15.9 Å². The summed E-state index contributed by atoms with van der Waals surface area (Å²) >= 11 is 1.47. The van der Waals surface area contributed by atoms with Crippen molar-refractivity contribution in [1.82, 2.24) is 14.1 Å². The summed E-state index contributed by atoms with van der Waals surface area (Å²) in [4.78, 5) is 29.5. The maximum Gasteiger partial charge on any atom is 0.328 e. The smallest absolute Gasteiger partial charge is 0.328 e. The molecule has 0 radical (unpaired) electrons. The van der Waals surface area contributed by atoms with E-state index in [4.69, 9.17) is 4.42 Å². The second-order valence-corrected chi connectivity index (χ2v) is 6.51. The average molecular weight is 354 g/mol. The van der Waals surface area contributed by atoms with Crippen LogP contribution in [0.4, 0.5) is 5.69 Å². The fourth-order valence-corrected chi connectivity index (χ4v) is 3.48. The lowest BCUT2D eigenvalue weighted by Crippen LogP contribution is -2.19. The Hall–Kier alpha value is -3.13. The van der Waals surface area contributed by atoms with Gasteiger partial charge < -0.3 is 9.73 Å². The van der Waals surface area contributed by atoms with Crippen LogP contribution in [0.5, 0.6) is 0 Å². The van der Waals surface area contributed by atoms with E-state index in [0.717, 1.165) is 15.9 Å². The van der Waals surface area contributed by atoms with Crippen molar-refractivity contribution in [2.24, 2.45) is 14.1 Å². The molecule has 0 bridgehead atoms. The highest BCUT2D eigenvalue weighted by atomic mass is 32.1. The number of thiophene rings is 1. The zero-order valence-electron chi connectivity index (χ0n) is 13.5. The van der Waals surface area contributed by atoms with Crippen LogP contribution in [-0.4, -0.2) is 20.0 Å². The van der Waals surface area contributed by atoms with Gasteiger partial charge >= 0.3 is 5.69 Å². The number of amides is 1. The molecule has 7 nitrogen and oxygen atoms in total. The molecule has 0 unspecified atom stereocenters. The Labute approximate surface area is 146 Å². The van der Waals surface area contributed by atoms with Crippen molar-refractivity contribution in [2.75, 3.05) is 5.32 Å². The van der Waals surface area contributed by atoms with Crippen LogP contribution in [0.15, 0.2) is 51.3 Å². The molecule has 25 heavy (non-hydrogen) atoms. The van der Waals surface area contributed by atoms with Crippen molar-refractivity contribution >= 4 is 34.0 Å². The standard InChI is InChI=1S/C17H14N4O3S/c1-20-11-6-5-10(8-12(11)21(2)17(20)23)19-16(22)14-15(24-9-18-14)13-4-3-7-25-13/h3-9H,1-2H3,(H,19,22). The van der Waals surface area contributed by atoms with Gasteiger partial charge in [-0.25, -0.2) is 9.78 Å². The van der Waals surface area contributed by atoms with Gasteiger partial charge in [-0.2, -0.15) is 0 Å². The van der Waals surface area contributed by atoms with Crippen LogP contribution < -0.4 is 11.0 Å². The Morgan fingerprint density at radius 1 is 1.20 bits per heavy atom. The number of hydrogen-bond acceptors (Lipinski definition) is 5. The lowest BCUT2D eigenvalue weighted by molar-refractivity contribution is 0.102. The lowest BCUT2D eigenvalue weighted by Gasteiger charge is -2.05. The molecule has 0 fully saturated rings. The molecule has 0 aliphatic heterocycles. The number of aryl methyl sites for hydroxylation is 2. The molecule has 4 aromatic rings. The summed E-state index contributed by atoms with van der Waals surface area (Å²) in [7, 11) is 3.41. The number of fused-ring (bicyclic) bond motifs is 1. The summed E-state index contributed by atoms with van der Waals surface area (Å²) in [5.41, 5.74) is 2.23. The number of hydrogen-bond donors (Lipinski definition) is 1. The van der Waals surface area contributed by atoms with E-state index in [1.165, 1.54) is 22.3 Å². The highest BCUT2D eigenvalue weighted by Crippen LogP contribution is 2.28. The molecule has 0 atom stereocenters. The summed E-state index contributed by atoms with van der Waals surface area (Å²) in [6.07, 6.45) is 1.26. The van der Waals surface area contributed by atoms with Gasteiger partial charge in [0.1, 0.15) is 0 Å². The largest absolute Gasteiger partial charge is 0.442 e. The molecule has 3 heterocycles. The van der Waals surface area contributed by atoms with Crippen molar-refractivity contribution in [3.63, 3.8) is 0 Å². The predicted molar refractivity (Wildman–Crippen MR) is 95.9 cm³/mol. The van der Waals surface area contributed by atoms with E-state index in [9.17, 15) is 9.59 Å². The van der Waals surface area contributed by atoms with Gasteiger partial charge in [-0.15, -0.1) is 11.3 Å². The van der Waals surface area contributed by atoms with Gasteiger partial charge in [0, 0.05) is 19.8 Å². The van der Waals surface area contributed by atoms with Crippen molar-refractivity contribution in [3.8, 4) is 10.6 Å². The second kappa shape index (κ2) is 5.75. The molecule has 1 N–H and O–H groups in total. The van der Waals surface area contributed by atoms with Crippen LogP contribution in [-0.2, 0) is 14.1 Å². The monoisotopic (exact) mass is 354 g/mol. The summed E-state index contributed by atoms with van der Waals surface area (Å²) in [6, 6.07) is 9.07. The molecule has 4 rings (SSSR count). The molecule has 3 aromatic heterocycles. The van der Waals surface area contributed by atoms with Crippen LogP contribution in [0.3, 0.4) is 0 Å². The van der Waals surface area contributed by atoms with Crippen molar-refractivity contribution in [3.05, 3.63) is 58.3 Å². The van der Waals surface area contributed by atoms with Gasteiger partial charge in [0.15, 0.2) is 17.8 Å². The summed E-state index contributed by atoms with van der Waals surface area (Å²) in [5.74, 6) is 0.0816. The molecule has 0 saturated carbocycles. The van der Waals surface area contributed by atoms with E-state index in [1.807, 2.05) is 17.5 Å². The topological polar surface area (TPSA) is 82.1 Å². The minimum absolute atomic E-state index is 0.116. The predicted octanol–water partition coefficient (Wildman–Crippen LogP) is 2.85. The second-order valence-electron chi connectivity index (χ2n) is 5.57. The lowest BCUT2D eigenvalue weighted by atomic mass is 10.2. The number of nitrogens with one attached hydrogen (secondary N) is 1. The number of benzene rings is 1. The van der Waals surface area contributed by atoms with Crippen LogP contribution in [0.25, 0.3) is 21.7 Å². The van der Waals surface area contributed by atoms with Crippen molar-refractivity contribution < 1.29 is 9.21 Å². The van der Waals surface area contributed by atoms with Crippen LogP contribution >= 0.6 is 11.3 Å². The van der Waals surface area contributed by atoms with Crippen molar-refractivity contribution in [1.29, 1.82) is 0 Å². The third-order valence-corrected chi connectivity index (χ3v) is 4.93. The van der Waals surface area contributed by atoms with Crippen LogP contribution in [0, 0.1) is 0 Å². The maximum atomic E-state index is 12.6. The van der Waals surface area contributed by atoms with E-state index in [-0.39, 0.29) is 17.3 Å². The van der Waals surface area contributed by atoms with E-state index in [0.29, 0.717) is 11.4 Å². The first-order valence-corrected chi connectivity index (χ1v) is 8.38. The maximum absolute atomic E-state index is 12.6.